The van der Waals surface area contributed by atoms with Gasteiger partial charge in [-0.3, -0.25) is 9.11 Å². The molecule has 2 amide bonds. The molecule has 90 valence electrons. The first-order valence-corrected chi connectivity index (χ1v) is 5.10. The molecule has 0 saturated heterocycles. The fourth-order valence-electron chi connectivity index (χ4n) is 0.708. The lowest BCUT2D eigenvalue weighted by Gasteiger charge is -1.99. The molecule has 0 spiro atoms. The van der Waals surface area contributed by atoms with Gasteiger partial charge in [0.05, 0.1) is 0 Å². The topological polar surface area (TPSA) is 130 Å². The Morgan fingerprint density at radius 2 is 1.88 bits per heavy atom. The van der Waals surface area contributed by atoms with E-state index < -0.39 is 22.2 Å². The first-order valence-electron chi connectivity index (χ1n) is 3.70. The average molecular weight is 252 g/mol. The van der Waals surface area contributed by atoms with Gasteiger partial charge in [-0.25, -0.2) is 9.18 Å². The second-order valence-electron chi connectivity index (χ2n) is 2.45. The third-order valence-electron chi connectivity index (χ3n) is 1.09. The van der Waals surface area contributed by atoms with Gasteiger partial charge in [0, 0.05) is 5.69 Å². The van der Waals surface area contributed by atoms with E-state index >= 15 is 0 Å². The molecule has 0 radical (unpaired) electrons. The standard InChI is InChI=1S/C7H7FN2O.H2O4S/c8-5-2-1-3-6(4-5)10-7(9)11;1-5(2,3)4/h1-4H,(H3,9,10,11);(H2,1,2,3,4). The summed E-state index contributed by atoms with van der Waals surface area (Å²) in [6, 6.07) is 4.81. The molecule has 0 aliphatic rings. The maximum absolute atomic E-state index is 12.4. The molecule has 0 bridgehead atoms. The van der Waals surface area contributed by atoms with Gasteiger partial charge in [-0.05, 0) is 18.2 Å². The lowest BCUT2D eigenvalue weighted by Crippen LogP contribution is -2.19. The number of hydrogen-bond donors (Lipinski definition) is 4. The fourth-order valence-corrected chi connectivity index (χ4v) is 0.708. The van der Waals surface area contributed by atoms with Crippen LogP contribution in [-0.2, 0) is 10.4 Å². The van der Waals surface area contributed by atoms with Crippen LogP contribution in [0, 0.1) is 5.82 Å². The number of nitrogens with one attached hydrogen (secondary N) is 1. The summed E-state index contributed by atoms with van der Waals surface area (Å²) in [6.45, 7) is 0. The van der Waals surface area contributed by atoms with Crippen LogP contribution in [-0.4, -0.2) is 23.6 Å². The van der Waals surface area contributed by atoms with E-state index in [1.807, 2.05) is 0 Å². The van der Waals surface area contributed by atoms with Crippen molar-refractivity contribution in [3.8, 4) is 0 Å². The van der Waals surface area contributed by atoms with Crippen molar-refractivity contribution in [1.29, 1.82) is 0 Å². The van der Waals surface area contributed by atoms with Gasteiger partial charge in [-0.2, -0.15) is 8.42 Å². The highest BCUT2D eigenvalue weighted by molar-refractivity contribution is 7.79. The maximum atomic E-state index is 12.4. The molecule has 0 aliphatic carbocycles. The predicted molar refractivity (Wildman–Crippen MR) is 53.8 cm³/mol. The van der Waals surface area contributed by atoms with Crippen molar-refractivity contribution in [2.75, 3.05) is 5.32 Å². The summed E-state index contributed by atoms with van der Waals surface area (Å²) >= 11 is 0. The molecule has 0 atom stereocenters. The number of nitrogens with two attached hydrogens (primary N) is 1. The van der Waals surface area contributed by atoms with Crippen molar-refractivity contribution in [3.63, 3.8) is 0 Å². The summed E-state index contributed by atoms with van der Waals surface area (Å²) in [5.41, 5.74) is 5.16. The molecule has 0 saturated carbocycles. The molecule has 0 aliphatic heterocycles. The Hall–Kier alpha value is -1.71. The van der Waals surface area contributed by atoms with E-state index in [0.717, 1.165) is 0 Å². The second-order valence-corrected chi connectivity index (χ2v) is 3.34. The van der Waals surface area contributed by atoms with Crippen molar-refractivity contribution in [1.82, 2.24) is 0 Å². The first kappa shape index (κ1) is 14.3. The van der Waals surface area contributed by atoms with Gasteiger partial charge in [0.15, 0.2) is 0 Å². The molecular weight excluding hydrogens is 243 g/mol. The van der Waals surface area contributed by atoms with Crippen LogP contribution in [0.15, 0.2) is 24.3 Å². The van der Waals surface area contributed by atoms with Crippen LogP contribution in [0.3, 0.4) is 0 Å². The summed E-state index contributed by atoms with van der Waals surface area (Å²) in [6.07, 6.45) is 0. The largest absolute Gasteiger partial charge is 0.394 e. The molecule has 7 nitrogen and oxygen atoms in total. The number of benzene rings is 1. The van der Waals surface area contributed by atoms with Gasteiger partial charge in [0.1, 0.15) is 5.82 Å². The van der Waals surface area contributed by atoms with Gasteiger partial charge < -0.3 is 11.1 Å². The second kappa shape index (κ2) is 6.00. The number of hydrogen-bond acceptors (Lipinski definition) is 3. The minimum Gasteiger partial charge on any atom is -0.351 e. The van der Waals surface area contributed by atoms with Crippen LogP contribution in [0.2, 0.25) is 0 Å². The molecule has 16 heavy (non-hydrogen) atoms. The lowest BCUT2D eigenvalue weighted by atomic mass is 10.3. The van der Waals surface area contributed by atoms with Crippen LogP contribution in [0.4, 0.5) is 14.9 Å². The summed E-state index contributed by atoms with van der Waals surface area (Å²) in [5.74, 6) is -0.406. The van der Waals surface area contributed by atoms with E-state index in [0.29, 0.717) is 5.69 Å². The molecule has 1 aromatic carbocycles. The number of carbonyl (C=O) groups is 1. The van der Waals surface area contributed by atoms with E-state index in [-0.39, 0.29) is 0 Å². The van der Waals surface area contributed by atoms with Crippen molar-refractivity contribution in [2.45, 2.75) is 0 Å². The molecule has 0 aromatic heterocycles. The zero-order valence-electron chi connectivity index (χ0n) is 7.79. The normalized spacial score (nSPS) is 9.94. The van der Waals surface area contributed by atoms with Crippen LogP contribution in [0.1, 0.15) is 0 Å². The average Bonchev–Trinajstić information content (AvgIpc) is 1.98. The van der Waals surface area contributed by atoms with E-state index in [1.165, 1.54) is 18.2 Å². The number of amides is 2. The van der Waals surface area contributed by atoms with Gasteiger partial charge in [-0.15, -0.1) is 0 Å². The SMILES string of the molecule is NC(=O)Nc1cccc(F)c1.O=S(=O)(O)O. The Labute approximate surface area is 90.7 Å². The van der Waals surface area contributed by atoms with E-state index in [1.54, 1.807) is 6.07 Å². The Kier molecular flexibility index (Phi) is 5.36. The number of rotatable bonds is 1. The Morgan fingerprint density at radius 3 is 2.25 bits per heavy atom. The highest BCUT2D eigenvalue weighted by Gasteiger charge is 1.95. The van der Waals surface area contributed by atoms with Crippen LogP contribution < -0.4 is 11.1 Å². The third-order valence-corrected chi connectivity index (χ3v) is 1.09. The van der Waals surface area contributed by atoms with E-state index in [2.05, 4.69) is 5.32 Å². The van der Waals surface area contributed by atoms with Crippen LogP contribution in [0.5, 0.6) is 0 Å². The van der Waals surface area contributed by atoms with Crippen LogP contribution >= 0.6 is 0 Å². The molecule has 5 N–H and O–H groups in total. The summed E-state index contributed by atoms with van der Waals surface area (Å²) < 4.78 is 44.0. The van der Waals surface area contributed by atoms with E-state index in [9.17, 15) is 9.18 Å². The monoisotopic (exact) mass is 252 g/mol. The molecular formula is C7H9FN2O5S. The quantitative estimate of drug-likeness (QED) is 0.545. The van der Waals surface area contributed by atoms with Gasteiger partial charge in [0.25, 0.3) is 0 Å². The number of primary amides is 1. The Morgan fingerprint density at radius 1 is 1.38 bits per heavy atom. The number of halogens is 1. The summed E-state index contributed by atoms with van der Waals surface area (Å²) in [4.78, 5) is 10.3. The molecule has 9 heteroatoms. The summed E-state index contributed by atoms with van der Waals surface area (Å²) in [5, 5.41) is 2.24. The van der Waals surface area contributed by atoms with Crippen molar-refractivity contribution >= 4 is 22.1 Å². The minimum atomic E-state index is -4.67. The highest BCUT2D eigenvalue weighted by atomic mass is 32.3. The fraction of sp³-hybridized carbons (Fsp3) is 0. The molecule has 1 rings (SSSR count). The molecule has 0 fully saturated rings. The third kappa shape index (κ3) is 10.4. The van der Waals surface area contributed by atoms with Gasteiger partial charge in [0.2, 0.25) is 0 Å². The Bertz CT molecular complexity index is 454. The number of urea groups is 1. The van der Waals surface area contributed by atoms with E-state index in [4.69, 9.17) is 23.3 Å². The predicted octanol–water partition coefficient (Wildman–Crippen LogP) is 0.664. The first-order chi connectivity index (χ1) is 7.18. The minimum absolute atomic E-state index is 0.359. The number of anilines is 1. The molecule has 0 heterocycles. The number of carbonyl (C=O) groups excluding carboxylic acids is 1. The van der Waals surface area contributed by atoms with Gasteiger partial charge in [-0.1, -0.05) is 6.07 Å². The highest BCUT2D eigenvalue weighted by Crippen LogP contribution is 2.07. The van der Waals surface area contributed by atoms with Gasteiger partial charge >= 0.3 is 16.4 Å². The summed E-state index contributed by atoms with van der Waals surface area (Å²) in [7, 11) is -4.67. The zero-order valence-corrected chi connectivity index (χ0v) is 8.61. The maximum Gasteiger partial charge on any atom is 0.394 e. The zero-order chi connectivity index (χ0) is 12.8. The Balaban J connectivity index is 0.000000385. The molecule has 1 aromatic rings. The lowest BCUT2D eigenvalue weighted by molar-refractivity contribution is 0.259. The smallest absolute Gasteiger partial charge is 0.351 e. The van der Waals surface area contributed by atoms with Crippen molar-refractivity contribution in [2.24, 2.45) is 5.73 Å². The molecule has 0 unspecified atom stereocenters. The van der Waals surface area contributed by atoms with Crippen molar-refractivity contribution in [3.05, 3.63) is 30.1 Å². The van der Waals surface area contributed by atoms with Crippen molar-refractivity contribution < 1.29 is 26.7 Å². The van der Waals surface area contributed by atoms with Crippen LogP contribution in [0.25, 0.3) is 0 Å².